The molecule has 0 spiro atoms. The van der Waals surface area contributed by atoms with Gasteiger partial charge in [0.1, 0.15) is 16.9 Å². The molecule has 230 valence electrons. The number of hydrogen-bond donors (Lipinski definition) is 2. The van der Waals surface area contributed by atoms with E-state index in [1.165, 1.54) is 17.0 Å². The van der Waals surface area contributed by atoms with E-state index >= 15 is 0 Å². The SMILES string of the molecule is Cc1sc2c(c1C)C(c1ccc(Cl)cc1)=N[C@@H](CC(=O)N[C@H]1C[C@@H](NC(=O)/C=C/C(=O)N3CCOCC3)C1)c1nnc(C)n1-2. The first-order valence-electron chi connectivity index (χ1n) is 14.7. The van der Waals surface area contributed by atoms with Crippen LogP contribution in [0.4, 0.5) is 0 Å². The van der Waals surface area contributed by atoms with Crippen LogP contribution in [0.25, 0.3) is 5.00 Å². The molecule has 2 aromatic heterocycles. The van der Waals surface area contributed by atoms with Gasteiger partial charge in [0.15, 0.2) is 5.82 Å². The Bertz CT molecular complexity index is 1650. The average molecular weight is 636 g/mol. The first-order valence-corrected chi connectivity index (χ1v) is 15.9. The van der Waals surface area contributed by atoms with Crippen molar-refractivity contribution in [2.24, 2.45) is 4.99 Å². The number of morpholine rings is 1. The van der Waals surface area contributed by atoms with Gasteiger partial charge in [-0.2, -0.15) is 0 Å². The molecule has 3 aromatic rings. The summed E-state index contributed by atoms with van der Waals surface area (Å²) in [5.74, 6) is 0.691. The number of nitrogens with one attached hydrogen (secondary N) is 2. The van der Waals surface area contributed by atoms with Crippen LogP contribution < -0.4 is 10.6 Å². The van der Waals surface area contributed by atoms with Crippen molar-refractivity contribution in [2.45, 2.75) is 58.2 Å². The number of ether oxygens (including phenoxy) is 1. The van der Waals surface area contributed by atoms with Gasteiger partial charge in [-0.05, 0) is 51.3 Å². The molecule has 1 aromatic carbocycles. The van der Waals surface area contributed by atoms with Crippen LogP contribution in [-0.2, 0) is 19.1 Å². The molecule has 0 radical (unpaired) electrons. The van der Waals surface area contributed by atoms with E-state index in [0.717, 1.165) is 33.2 Å². The number of aromatic nitrogens is 3. The molecule has 11 nitrogen and oxygen atoms in total. The number of hydrogen-bond acceptors (Lipinski definition) is 8. The van der Waals surface area contributed by atoms with Crippen molar-refractivity contribution in [3.63, 3.8) is 0 Å². The van der Waals surface area contributed by atoms with Gasteiger partial charge >= 0.3 is 0 Å². The molecule has 6 rings (SSSR count). The third-order valence-electron chi connectivity index (χ3n) is 8.29. The van der Waals surface area contributed by atoms with Crippen LogP contribution in [-0.4, -0.2) is 81.5 Å². The number of thiophene rings is 1. The second-order valence-electron chi connectivity index (χ2n) is 11.3. The number of fused-ring (bicyclic) bond motifs is 3. The van der Waals surface area contributed by atoms with Gasteiger partial charge < -0.3 is 20.3 Å². The van der Waals surface area contributed by atoms with E-state index in [1.807, 2.05) is 35.8 Å². The summed E-state index contributed by atoms with van der Waals surface area (Å²) in [6.07, 6.45) is 3.89. The van der Waals surface area contributed by atoms with E-state index in [4.69, 9.17) is 21.3 Å². The van der Waals surface area contributed by atoms with Crippen LogP contribution >= 0.6 is 22.9 Å². The standard InChI is InChI=1S/C31H34ClN7O4S/c1-17-18(2)44-31-28(17)29(20-4-6-21(32)7-5-20)35-24(30-37-36-19(3)39(30)31)16-26(41)34-23-14-22(15-23)33-25(40)8-9-27(42)38-10-12-43-13-11-38/h4-9,22-24H,10-16H2,1-3H3,(H,33,40)(H,34,41)/b9-8+/t22-,23+,24-/m0/s1. The number of benzene rings is 1. The van der Waals surface area contributed by atoms with Crippen LogP contribution in [0.2, 0.25) is 5.02 Å². The van der Waals surface area contributed by atoms with E-state index in [0.29, 0.717) is 50.0 Å². The van der Waals surface area contributed by atoms with Gasteiger partial charge in [0.05, 0.1) is 25.3 Å². The first kappa shape index (κ1) is 30.2. The molecule has 1 saturated heterocycles. The fourth-order valence-corrected chi connectivity index (χ4v) is 7.07. The van der Waals surface area contributed by atoms with Crippen LogP contribution in [0.5, 0.6) is 0 Å². The molecule has 2 aliphatic heterocycles. The Morgan fingerprint density at radius 2 is 1.73 bits per heavy atom. The molecule has 1 saturated carbocycles. The van der Waals surface area contributed by atoms with Gasteiger partial charge in [-0.3, -0.25) is 23.9 Å². The van der Waals surface area contributed by atoms with E-state index in [9.17, 15) is 14.4 Å². The Labute approximate surface area is 264 Å². The van der Waals surface area contributed by atoms with E-state index in [2.05, 4.69) is 34.7 Å². The van der Waals surface area contributed by atoms with Gasteiger partial charge in [-0.1, -0.05) is 23.7 Å². The number of carbonyl (C=O) groups excluding carboxylic acids is 3. The molecule has 4 heterocycles. The summed E-state index contributed by atoms with van der Waals surface area (Å²) in [6, 6.07) is 6.89. The highest BCUT2D eigenvalue weighted by Crippen LogP contribution is 2.39. The van der Waals surface area contributed by atoms with Gasteiger partial charge in [0.25, 0.3) is 0 Å². The van der Waals surface area contributed by atoms with Crippen molar-refractivity contribution in [1.82, 2.24) is 30.3 Å². The van der Waals surface area contributed by atoms with Gasteiger partial charge in [0, 0.05) is 58.4 Å². The molecular formula is C31H34ClN7O4S. The molecule has 3 aliphatic rings. The third kappa shape index (κ3) is 6.19. The summed E-state index contributed by atoms with van der Waals surface area (Å²) in [4.78, 5) is 45.9. The lowest BCUT2D eigenvalue weighted by Crippen LogP contribution is -2.53. The van der Waals surface area contributed by atoms with E-state index < -0.39 is 6.04 Å². The zero-order valence-electron chi connectivity index (χ0n) is 24.8. The maximum Gasteiger partial charge on any atom is 0.246 e. The summed E-state index contributed by atoms with van der Waals surface area (Å²) in [5.41, 5.74) is 3.86. The lowest BCUT2D eigenvalue weighted by atomic mass is 9.86. The highest BCUT2D eigenvalue weighted by molar-refractivity contribution is 7.15. The van der Waals surface area contributed by atoms with Gasteiger partial charge in [0.2, 0.25) is 17.7 Å². The number of aliphatic imine (C=N–C) groups is 1. The van der Waals surface area contributed by atoms with Gasteiger partial charge in [-0.25, -0.2) is 0 Å². The van der Waals surface area contributed by atoms with Crippen LogP contribution in [0.15, 0.2) is 41.4 Å². The third-order valence-corrected chi connectivity index (χ3v) is 9.73. The topological polar surface area (TPSA) is 131 Å². The fourth-order valence-electron chi connectivity index (χ4n) is 5.73. The monoisotopic (exact) mass is 635 g/mol. The number of carbonyl (C=O) groups is 3. The van der Waals surface area contributed by atoms with Crippen LogP contribution in [0.1, 0.15) is 58.5 Å². The summed E-state index contributed by atoms with van der Waals surface area (Å²) in [5, 5.41) is 16.4. The maximum atomic E-state index is 13.3. The minimum Gasteiger partial charge on any atom is -0.378 e. The fraction of sp³-hybridized carbons (Fsp3) is 0.419. The minimum atomic E-state index is -0.550. The smallest absolute Gasteiger partial charge is 0.246 e. The number of nitrogens with zero attached hydrogens (tertiary/aromatic N) is 5. The van der Waals surface area contributed by atoms with Crippen molar-refractivity contribution in [3.05, 3.63) is 74.7 Å². The second-order valence-corrected chi connectivity index (χ2v) is 13.0. The molecular weight excluding hydrogens is 602 g/mol. The first-order chi connectivity index (χ1) is 21.2. The minimum absolute atomic E-state index is 0.0663. The Morgan fingerprint density at radius 3 is 2.45 bits per heavy atom. The lowest BCUT2D eigenvalue weighted by Gasteiger charge is -2.36. The van der Waals surface area contributed by atoms with Crippen molar-refractivity contribution in [3.8, 4) is 5.00 Å². The molecule has 3 amide bonds. The van der Waals surface area contributed by atoms with Crippen molar-refractivity contribution in [1.29, 1.82) is 0 Å². The molecule has 0 unspecified atom stereocenters. The highest BCUT2D eigenvalue weighted by Gasteiger charge is 2.35. The lowest BCUT2D eigenvalue weighted by molar-refractivity contribution is -0.130. The summed E-state index contributed by atoms with van der Waals surface area (Å²) in [7, 11) is 0. The quantitative estimate of drug-likeness (QED) is 0.383. The summed E-state index contributed by atoms with van der Waals surface area (Å²) in [6.45, 7) is 8.15. The maximum absolute atomic E-state index is 13.3. The molecule has 13 heteroatoms. The zero-order valence-corrected chi connectivity index (χ0v) is 26.4. The predicted octanol–water partition coefficient (Wildman–Crippen LogP) is 3.37. The number of halogens is 1. The molecule has 1 aliphatic carbocycles. The summed E-state index contributed by atoms with van der Waals surface area (Å²) >= 11 is 7.86. The largest absolute Gasteiger partial charge is 0.378 e. The Hall–Kier alpha value is -3.87. The molecule has 2 fully saturated rings. The molecule has 1 atom stereocenters. The van der Waals surface area contributed by atoms with Crippen molar-refractivity contribution in [2.75, 3.05) is 26.3 Å². The second kappa shape index (κ2) is 12.6. The van der Waals surface area contributed by atoms with Crippen LogP contribution in [0, 0.1) is 20.8 Å². The predicted molar refractivity (Wildman–Crippen MR) is 168 cm³/mol. The van der Waals surface area contributed by atoms with Crippen LogP contribution in [0.3, 0.4) is 0 Å². The van der Waals surface area contributed by atoms with Gasteiger partial charge in [-0.15, -0.1) is 21.5 Å². The number of rotatable bonds is 7. The molecule has 0 bridgehead atoms. The normalized spacial score (nSPS) is 21.1. The number of amides is 3. The zero-order chi connectivity index (χ0) is 31.0. The number of aryl methyl sites for hydroxylation is 2. The average Bonchev–Trinajstić information content (AvgIpc) is 3.47. The Morgan fingerprint density at radius 1 is 1.02 bits per heavy atom. The van der Waals surface area contributed by atoms with Crippen molar-refractivity contribution < 1.29 is 19.1 Å². The Balaban J connectivity index is 1.12. The molecule has 44 heavy (non-hydrogen) atoms. The summed E-state index contributed by atoms with van der Waals surface area (Å²) < 4.78 is 7.28. The van der Waals surface area contributed by atoms with E-state index in [-0.39, 0.29) is 36.2 Å². The van der Waals surface area contributed by atoms with Crippen molar-refractivity contribution >= 4 is 46.4 Å². The van der Waals surface area contributed by atoms with E-state index in [1.54, 1.807) is 16.2 Å². The molecule has 2 N–H and O–H groups in total. The highest BCUT2D eigenvalue weighted by atomic mass is 35.5. The Kier molecular flexibility index (Phi) is 8.66.